The molecule has 0 saturated heterocycles. The summed E-state index contributed by atoms with van der Waals surface area (Å²) in [5, 5.41) is 9.74. The first-order valence-electron chi connectivity index (χ1n) is 3.81. The Morgan fingerprint density at radius 1 is 1.29 bits per heavy atom. The lowest BCUT2D eigenvalue weighted by Gasteiger charge is -2.15. The minimum absolute atomic E-state index is 0.211. The molecule has 0 aliphatic carbocycles. The molecule has 78 valence electrons. The van der Waals surface area contributed by atoms with Crippen LogP contribution in [-0.4, -0.2) is 11.7 Å². The molecular weight excluding hydrogens is 521 g/mol. The summed E-state index contributed by atoms with van der Waals surface area (Å²) in [5.74, 6) is 0.297. The Balaban J connectivity index is 3.36. The molecule has 5 N–H and O–H groups in total. The van der Waals surface area contributed by atoms with Crippen molar-refractivity contribution in [2.24, 2.45) is 11.5 Å². The molecule has 0 radical (unpaired) electrons. The van der Waals surface area contributed by atoms with E-state index >= 15 is 0 Å². The standard InChI is InChI=1S/C8H9I3N2O/c9-3-1-4(10)8(14)7(11)6(3)5(13)2-12/h1,5,14H,2,12-13H2/t5-/m1/s1. The molecule has 1 aromatic rings. The van der Waals surface area contributed by atoms with Crippen LogP contribution in [0.3, 0.4) is 0 Å². The maximum Gasteiger partial charge on any atom is 0.142 e. The van der Waals surface area contributed by atoms with Gasteiger partial charge in [0.2, 0.25) is 0 Å². The van der Waals surface area contributed by atoms with Crippen LogP contribution in [0.15, 0.2) is 6.07 Å². The molecule has 0 unspecified atom stereocenters. The summed E-state index contributed by atoms with van der Waals surface area (Å²) >= 11 is 6.41. The Morgan fingerprint density at radius 2 is 1.86 bits per heavy atom. The van der Waals surface area contributed by atoms with E-state index in [1.807, 2.05) is 6.07 Å². The predicted molar refractivity (Wildman–Crippen MR) is 82.2 cm³/mol. The molecule has 0 aliphatic rings. The first kappa shape index (κ1) is 13.2. The van der Waals surface area contributed by atoms with E-state index in [1.54, 1.807) is 0 Å². The Morgan fingerprint density at radius 3 is 2.36 bits per heavy atom. The molecule has 0 fully saturated rings. The van der Waals surface area contributed by atoms with Crippen LogP contribution in [-0.2, 0) is 0 Å². The second-order valence-electron chi connectivity index (χ2n) is 2.76. The zero-order chi connectivity index (χ0) is 10.9. The lowest BCUT2D eigenvalue weighted by molar-refractivity contribution is 0.465. The van der Waals surface area contributed by atoms with Crippen LogP contribution < -0.4 is 11.5 Å². The SMILES string of the molecule is NC[C@@H](N)c1c(I)cc(I)c(O)c1I. The number of aromatic hydroxyl groups is 1. The number of phenolic OH excluding ortho intramolecular Hbond substituents is 1. The van der Waals surface area contributed by atoms with Gasteiger partial charge in [0.05, 0.1) is 7.14 Å². The van der Waals surface area contributed by atoms with Gasteiger partial charge in [0.15, 0.2) is 0 Å². The van der Waals surface area contributed by atoms with Gasteiger partial charge in [-0.2, -0.15) is 0 Å². The Bertz CT molecular complexity index is 357. The molecule has 1 rings (SSSR count). The van der Waals surface area contributed by atoms with E-state index in [0.717, 1.165) is 16.3 Å². The highest BCUT2D eigenvalue weighted by molar-refractivity contribution is 14.1. The lowest BCUT2D eigenvalue weighted by atomic mass is 10.1. The molecular formula is C8H9I3N2O. The fraction of sp³-hybridized carbons (Fsp3) is 0.250. The summed E-state index contributed by atoms with van der Waals surface area (Å²) in [7, 11) is 0. The van der Waals surface area contributed by atoms with Gasteiger partial charge in [0, 0.05) is 21.7 Å². The molecule has 1 atom stereocenters. The van der Waals surface area contributed by atoms with E-state index in [4.69, 9.17) is 11.5 Å². The van der Waals surface area contributed by atoms with Crippen molar-refractivity contribution < 1.29 is 5.11 Å². The highest BCUT2D eigenvalue weighted by Crippen LogP contribution is 2.34. The highest BCUT2D eigenvalue weighted by atomic mass is 127. The molecule has 1 aromatic carbocycles. The van der Waals surface area contributed by atoms with Crippen molar-refractivity contribution in [2.45, 2.75) is 6.04 Å². The van der Waals surface area contributed by atoms with Crippen LogP contribution >= 0.6 is 67.8 Å². The van der Waals surface area contributed by atoms with E-state index in [9.17, 15) is 5.11 Å². The lowest BCUT2D eigenvalue weighted by Crippen LogP contribution is -2.23. The zero-order valence-electron chi connectivity index (χ0n) is 7.10. The second kappa shape index (κ2) is 5.46. The first-order valence-corrected chi connectivity index (χ1v) is 7.04. The Hall–Kier alpha value is 1.13. The molecule has 0 bridgehead atoms. The molecule has 6 heteroatoms. The van der Waals surface area contributed by atoms with E-state index in [1.165, 1.54) is 0 Å². The van der Waals surface area contributed by atoms with Crippen molar-refractivity contribution in [3.8, 4) is 5.75 Å². The Kier molecular flexibility index (Phi) is 5.14. The summed E-state index contributed by atoms with van der Waals surface area (Å²) in [6, 6.07) is 1.69. The average Bonchev–Trinajstić information content (AvgIpc) is 2.14. The third-order valence-electron chi connectivity index (χ3n) is 1.81. The average molecular weight is 530 g/mol. The van der Waals surface area contributed by atoms with Crippen molar-refractivity contribution >= 4 is 67.8 Å². The number of nitrogens with two attached hydrogens (primary N) is 2. The molecule has 14 heavy (non-hydrogen) atoms. The van der Waals surface area contributed by atoms with E-state index in [2.05, 4.69) is 67.8 Å². The normalized spacial score (nSPS) is 12.9. The number of rotatable bonds is 2. The summed E-state index contributed by atoms with van der Waals surface area (Å²) < 4.78 is 2.69. The van der Waals surface area contributed by atoms with Gasteiger partial charge in [-0.15, -0.1) is 0 Å². The van der Waals surface area contributed by atoms with Gasteiger partial charge in [0.25, 0.3) is 0 Å². The van der Waals surface area contributed by atoms with Gasteiger partial charge in [-0.1, -0.05) is 0 Å². The zero-order valence-corrected chi connectivity index (χ0v) is 13.6. The monoisotopic (exact) mass is 530 g/mol. The summed E-state index contributed by atoms with van der Waals surface area (Å²) in [6.07, 6.45) is 0. The van der Waals surface area contributed by atoms with Crippen molar-refractivity contribution in [3.63, 3.8) is 0 Å². The number of halogens is 3. The molecule has 0 aromatic heterocycles. The van der Waals surface area contributed by atoms with Crippen LogP contribution in [0, 0.1) is 10.7 Å². The largest absolute Gasteiger partial charge is 0.506 e. The van der Waals surface area contributed by atoms with Gasteiger partial charge >= 0.3 is 0 Å². The molecule has 0 aliphatic heterocycles. The van der Waals surface area contributed by atoms with Crippen molar-refractivity contribution in [2.75, 3.05) is 6.54 Å². The van der Waals surface area contributed by atoms with Crippen LogP contribution in [0.1, 0.15) is 11.6 Å². The summed E-state index contributed by atoms with van der Waals surface area (Å²) in [6.45, 7) is 0.381. The molecule has 0 amide bonds. The van der Waals surface area contributed by atoms with Gasteiger partial charge < -0.3 is 16.6 Å². The third-order valence-corrected chi connectivity index (χ3v) is 4.61. The van der Waals surface area contributed by atoms with E-state index < -0.39 is 0 Å². The minimum atomic E-state index is -0.211. The van der Waals surface area contributed by atoms with Crippen LogP contribution in [0.4, 0.5) is 0 Å². The minimum Gasteiger partial charge on any atom is -0.506 e. The van der Waals surface area contributed by atoms with Crippen LogP contribution in [0.25, 0.3) is 0 Å². The van der Waals surface area contributed by atoms with Gasteiger partial charge in [-0.3, -0.25) is 0 Å². The van der Waals surface area contributed by atoms with E-state index in [0.29, 0.717) is 12.3 Å². The van der Waals surface area contributed by atoms with Crippen LogP contribution in [0.2, 0.25) is 0 Å². The predicted octanol–water partition coefficient (Wildman–Crippen LogP) is 2.16. The van der Waals surface area contributed by atoms with Gasteiger partial charge in [0.1, 0.15) is 5.75 Å². The highest BCUT2D eigenvalue weighted by Gasteiger charge is 2.17. The summed E-state index contributed by atoms with van der Waals surface area (Å²) in [4.78, 5) is 0. The second-order valence-corrected chi connectivity index (χ2v) is 6.16. The number of hydrogen-bond donors (Lipinski definition) is 3. The number of phenols is 1. The quantitative estimate of drug-likeness (QED) is 0.514. The summed E-state index contributed by atoms with van der Waals surface area (Å²) in [5.41, 5.74) is 12.3. The Labute approximate surface area is 123 Å². The van der Waals surface area contributed by atoms with Crippen molar-refractivity contribution in [3.05, 3.63) is 22.3 Å². The number of benzene rings is 1. The number of hydrogen-bond acceptors (Lipinski definition) is 3. The van der Waals surface area contributed by atoms with Crippen molar-refractivity contribution in [1.82, 2.24) is 0 Å². The fourth-order valence-electron chi connectivity index (χ4n) is 1.05. The molecule has 0 saturated carbocycles. The molecule has 0 spiro atoms. The fourth-order valence-corrected chi connectivity index (χ4v) is 5.22. The molecule has 0 heterocycles. The first-order chi connectivity index (χ1) is 6.49. The van der Waals surface area contributed by atoms with E-state index in [-0.39, 0.29) is 6.04 Å². The smallest absolute Gasteiger partial charge is 0.142 e. The van der Waals surface area contributed by atoms with Crippen molar-refractivity contribution in [1.29, 1.82) is 0 Å². The maximum absolute atomic E-state index is 9.74. The maximum atomic E-state index is 9.74. The third kappa shape index (κ3) is 2.62. The molecule has 3 nitrogen and oxygen atoms in total. The van der Waals surface area contributed by atoms with Gasteiger partial charge in [-0.05, 0) is 73.8 Å². The topological polar surface area (TPSA) is 72.3 Å². The van der Waals surface area contributed by atoms with Crippen LogP contribution in [0.5, 0.6) is 5.75 Å². The van der Waals surface area contributed by atoms with Gasteiger partial charge in [-0.25, -0.2) is 0 Å².